The molecule has 146 valence electrons. The minimum Gasteiger partial charge on any atom is -0.345 e. The zero-order valence-corrected chi connectivity index (χ0v) is 16.0. The third-order valence-electron chi connectivity index (χ3n) is 5.20. The van der Waals surface area contributed by atoms with Crippen molar-refractivity contribution in [3.63, 3.8) is 0 Å². The van der Waals surface area contributed by atoms with E-state index in [0.29, 0.717) is 11.3 Å². The Balaban J connectivity index is 1.67. The van der Waals surface area contributed by atoms with Crippen LogP contribution in [-0.2, 0) is 9.59 Å². The van der Waals surface area contributed by atoms with Crippen molar-refractivity contribution in [3.8, 4) is 0 Å². The highest BCUT2D eigenvalue weighted by atomic mass is 19.1. The van der Waals surface area contributed by atoms with Gasteiger partial charge in [-0.05, 0) is 35.7 Å². The van der Waals surface area contributed by atoms with E-state index in [-0.39, 0.29) is 24.3 Å². The number of hydrogen-bond acceptors (Lipinski definition) is 2. The molecule has 1 aliphatic heterocycles. The van der Waals surface area contributed by atoms with Gasteiger partial charge in [0.1, 0.15) is 5.82 Å². The van der Waals surface area contributed by atoms with E-state index in [2.05, 4.69) is 10.6 Å². The lowest BCUT2D eigenvalue weighted by atomic mass is 9.88. The summed E-state index contributed by atoms with van der Waals surface area (Å²) >= 11 is 0. The number of anilines is 1. The molecule has 4 nitrogen and oxygen atoms in total. The van der Waals surface area contributed by atoms with Crippen LogP contribution in [0.3, 0.4) is 0 Å². The molecule has 2 amide bonds. The second-order valence-electron chi connectivity index (χ2n) is 7.30. The number of hydrogen-bond donors (Lipinski definition) is 2. The fourth-order valence-corrected chi connectivity index (χ4v) is 3.68. The summed E-state index contributed by atoms with van der Waals surface area (Å²) < 4.78 is 13.6. The average molecular weight is 388 g/mol. The Labute approximate surface area is 168 Å². The number of benzene rings is 3. The van der Waals surface area contributed by atoms with E-state index in [1.165, 1.54) is 12.1 Å². The largest absolute Gasteiger partial charge is 0.345 e. The van der Waals surface area contributed by atoms with Crippen LogP contribution in [0.15, 0.2) is 72.8 Å². The van der Waals surface area contributed by atoms with E-state index >= 15 is 0 Å². The van der Waals surface area contributed by atoms with Crippen molar-refractivity contribution < 1.29 is 14.0 Å². The molecular weight excluding hydrogens is 367 g/mol. The van der Waals surface area contributed by atoms with Crippen molar-refractivity contribution in [2.24, 2.45) is 0 Å². The molecule has 0 aliphatic carbocycles. The predicted molar refractivity (Wildman–Crippen MR) is 110 cm³/mol. The minimum atomic E-state index is -0.670. The van der Waals surface area contributed by atoms with Crippen LogP contribution in [0, 0.1) is 12.7 Å². The topological polar surface area (TPSA) is 58.2 Å². The van der Waals surface area contributed by atoms with Crippen molar-refractivity contribution in [1.82, 2.24) is 5.32 Å². The molecule has 0 radical (unpaired) electrons. The molecule has 4 rings (SSSR count). The molecule has 3 aromatic carbocycles. The molecule has 2 atom stereocenters. The standard InChI is InChI=1S/C24H21FN2O2/c1-15-7-9-17(10-8-15)23(16-5-3-2-4-6-16)27-24(29)20-14-22(28)26-21-13-18(25)11-12-19(20)21/h2-13,20,23H,14H2,1H3,(H,26,28)(H,27,29)/t20-,23-/m0/s1. The number of aryl methyl sites for hydroxylation is 1. The first kappa shape index (κ1) is 18.9. The van der Waals surface area contributed by atoms with Gasteiger partial charge in [-0.2, -0.15) is 0 Å². The lowest BCUT2D eigenvalue weighted by Crippen LogP contribution is -2.37. The Morgan fingerprint density at radius 2 is 1.72 bits per heavy atom. The second-order valence-corrected chi connectivity index (χ2v) is 7.30. The van der Waals surface area contributed by atoms with Crippen LogP contribution in [0.4, 0.5) is 10.1 Å². The van der Waals surface area contributed by atoms with Crippen LogP contribution < -0.4 is 10.6 Å². The van der Waals surface area contributed by atoms with Crippen LogP contribution >= 0.6 is 0 Å². The molecule has 0 saturated carbocycles. The summed E-state index contributed by atoms with van der Waals surface area (Å²) in [4.78, 5) is 25.3. The summed E-state index contributed by atoms with van der Waals surface area (Å²) in [6.07, 6.45) is 0.0277. The van der Waals surface area contributed by atoms with E-state index < -0.39 is 11.7 Å². The third kappa shape index (κ3) is 4.04. The fraction of sp³-hybridized carbons (Fsp3) is 0.167. The highest BCUT2D eigenvalue weighted by Crippen LogP contribution is 2.34. The maximum absolute atomic E-state index is 13.6. The molecule has 1 heterocycles. The van der Waals surface area contributed by atoms with Crippen LogP contribution in [0.5, 0.6) is 0 Å². The van der Waals surface area contributed by atoms with E-state index in [9.17, 15) is 14.0 Å². The predicted octanol–water partition coefficient (Wildman–Crippen LogP) is 4.47. The van der Waals surface area contributed by atoms with Gasteiger partial charge < -0.3 is 10.6 Å². The molecule has 0 fully saturated rings. The van der Waals surface area contributed by atoms with Gasteiger partial charge in [0.05, 0.1) is 12.0 Å². The summed E-state index contributed by atoms with van der Waals surface area (Å²) in [7, 11) is 0. The summed E-state index contributed by atoms with van der Waals surface area (Å²) in [6, 6.07) is 21.5. The first-order valence-electron chi connectivity index (χ1n) is 9.52. The first-order valence-corrected chi connectivity index (χ1v) is 9.52. The monoisotopic (exact) mass is 388 g/mol. The van der Waals surface area contributed by atoms with E-state index in [1.807, 2.05) is 61.5 Å². The number of nitrogens with one attached hydrogen (secondary N) is 2. The van der Waals surface area contributed by atoms with Gasteiger partial charge >= 0.3 is 0 Å². The van der Waals surface area contributed by atoms with Crippen LogP contribution in [0.1, 0.15) is 40.6 Å². The maximum atomic E-state index is 13.6. The Bertz CT molecular complexity index is 1050. The molecule has 29 heavy (non-hydrogen) atoms. The van der Waals surface area contributed by atoms with Crippen LogP contribution in [0.2, 0.25) is 0 Å². The highest BCUT2D eigenvalue weighted by molar-refractivity contribution is 6.01. The third-order valence-corrected chi connectivity index (χ3v) is 5.20. The van der Waals surface area contributed by atoms with Gasteiger partial charge in [0.2, 0.25) is 11.8 Å². The molecule has 0 aromatic heterocycles. The molecule has 0 bridgehead atoms. The van der Waals surface area contributed by atoms with E-state index in [1.54, 1.807) is 6.07 Å². The Morgan fingerprint density at radius 1 is 1.03 bits per heavy atom. The molecule has 0 saturated heterocycles. The lowest BCUT2D eigenvalue weighted by Gasteiger charge is -2.27. The van der Waals surface area contributed by atoms with Gasteiger partial charge in [-0.15, -0.1) is 0 Å². The molecule has 2 N–H and O–H groups in total. The molecule has 3 aromatic rings. The van der Waals surface area contributed by atoms with Crippen molar-refractivity contribution in [2.75, 3.05) is 5.32 Å². The number of carbonyl (C=O) groups excluding carboxylic acids is 2. The lowest BCUT2D eigenvalue weighted by molar-refractivity contribution is -0.126. The highest BCUT2D eigenvalue weighted by Gasteiger charge is 2.32. The SMILES string of the molecule is Cc1ccc([C@@H](NC(=O)[C@H]2CC(=O)Nc3cc(F)ccc32)c2ccccc2)cc1. The zero-order valence-electron chi connectivity index (χ0n) is 16.0. The van der Waals surface area contributed by atoms with Crippen molar-refractivity contribution in [3.05, 3.63) is 101 Å². The maximum Gasteiger partial charge on any atom is 0.228 e. The number of halogens is 1. The fourth-order valence-electron chi connectivity index (χ4n) is 3.68. The van der Waals surface area contributed by atoms with Crippen molar-refractivity contribution >= 4 is 17.5 Å². The zero-order chi connectivity index (χ0) is 20.4. The molecular formula is C24H21FN2O2. The molecule has 1 aliphatic rings. The number of rotatable bonds is 4. The summed E-state index contributed by atoms with van der Waals surface area (Å²) in [5, 5.41) is 5.75. The average Bonchev–Trinajstić information content (AvgIpc) is 2.72. The Morgan fingerprint density at radius 3 is 2.45 bits per heavy atom. The van der Waals surface area contributed by atoms with Gasteiger partial charge in [-0.25, -0.2) is 4.39 Å². The van der Waals surface area contributed by atoms with Crippen molar-refractivity contribution in [2.45, 2.75) is 25.3 Å². The van der Waals surface area contributed by atoms with Gasteiger partial charge in [0, 0.05) is 12.1 Å². The second kappa shape index (κ2) is 7.87. The number of amides is 2. The molecule has 0 unspecified atom stereocenters. The van der Waals surface area contributed by atoms with Gasteiger partial charge in [0.25, 0.3) is 0 Å². The summed E-state index contributed by atoms with van der Waals surface area (Å²) in [5.74, 6) is -1.68. The van der Waals surface area contributed by atoms with Gasteiger partial charge in [0.15, 0.2) is 0 Å². The summed E-state index contributed by atoms with van der Waals surface area (Å²) in [5.41, 5.74) is 4.01. The first-order chi connectivity index (χ1) is 14.0. The number of fused-ring (bicyclic) bond motifs is 1. The van der Waals surface area contributed by atoms with Gasteiger partial charge in [-0.3, -0.25) is 9.59 Å². The van der Waals surface area contributed by atoms with E-state index in [0.717, 1.165) is 16.7 Å². The van der Waals surface area contributed by atoms with Crippen LogP contribution in [0.25, 0.3) is 0 Å². The smallest absolute Gasteiger partial charge is 0.228 e. The Hall–Kier alpha value is -3.47. The van der Waals surface area contributed by atoms with Gasteiger partial charge in [-0.1, -0.05) is 66.2 Å². The molecule has 0 spiro atoms. The van der Waals surface area contributed by atoms with Crippen LogP contribution in [-0.4, -0.2) is 11.8 Å². The molecule has 5 heteroatoms. The summed E-state index contributed by atoms with van der Waals surface area (Å²) in [6.45, 7) is 2.01. The minimum absolute atomic E-state index is 0.0277. The number of carbonyl (C=O) groups is 2. The Kier molecular flexibility index (Phi) is 5.12. The van der Waals surface area contributed by atoms with Crippen molar-refractivity contribution in [1.29, 1.82) is 0 Å². The van der Waals surface area contributed by atoms with E-state index in [4.69, 9.17) is 0 Å². The quantitative estimate of drug-likeness (QED) is 0.693. The normalized spacial score (nSPS) is 16.5.